The fourth-order valence-corrected chi connectivity index (χ4v) is 1.49. The first-order chi connectivity index (χ1) is 6.77. The molecule has 1 unspecified atom stereocenters. The van der Waals surface area contributed by atoms with Crippen molar-refractivity contribution in [3.05, 3.63) is 30.1 Å². The number of carbonyl (C=O) groups is 1. The van der Waals surface area contributed by atoms with Crippen LogP contribution in [0.1, 0.15) is 12.0 Å². The molecule has 2 rings (SSSR count). The second-order valence-electron chi connectivity index (χ2n) is 3.27. The molecule has 0 amide bonds. The first-order valence-corrected chi connectivity index (χ1v) is 4.44. The molecule has 4 heteroatoms. The van der Waals surface area contributed by atoms with Gasteiger partial charge in [0.15, 0.2) is 0 Å². The summed E-state index contributed by atoms with van der Waals surface area (Å²) in [6.45, 7) is 0.388. The minimum Gasteiger partial charge on any atom is -0.481 e. The summed E-state index contributed by atoms with van der Waals surface area (Å²) in [6.07, 6.45) is 3.91. The van der Waals surface area contributed by atoms with Crippen LogP contribution in [0.4, 0.5) is 0 Å². The van der Waals surface area contributed by atoms with Gasteiger partial charge in [-0.15, -0.1) is 0 Å². The Morgan fingerprint density at radius 3 is 3.00 bits per heavy atom. The van der Waals surface area contributed by atoms with Crippen LogP contribution in [0.2, 0.25) is 0 Å². The maximum Gasteiger partial charge on any atom is 0.308 e. The van der Waals surface area contributed by atoms with Crippen LogP contribution in [0.15, 0.2) is 29.5 Å². The van der Waals surface area contributed by atoms with E-state index in [9.17, 15) is 4.79 Å². The van der Waals surface area contributed by atoms with Crippen molar-refractivity contribution in [2.24, 2.45) is 10.9 Å². The second-order valence-corrected chi connectivity index (χ2v) is 3.27. The molecule has 72 valence electrons. The molecule has 1 aromatic heterocycles. The van der Waals surface area contributed by atoms with E-state index in [1.165, 1.54) is 0 Å². The van der Waals surface area contributed by atoms with Gasteiger partial charge < -0.3 is 5.11 Å². The number of nitrogens with zero attached hydrogens (tertiary/aromatic N) is 2. The minimum atomic E-state index is -0.771. The van der Waals surface area contributed by atoms with Crippen LogP contribution in [0.25, 0.3) is 0 Å². The third-order valence-corrected chi connectivity index (χ3v) is 2.29. The van der Waals surface area contributed by atoms with Crippen molar-refractivity contribution in [3.63, 3.8) is 0 Å². The maximum absolute atomic E-state index is 10.7. The van der Waals surface area contributed by atoms with Crippen molar-refractivity contribution in [2.45, 2.75) is 6.42 Å². The van der Waals surface area contributed by atoms with Crippen molar-refractivity contribution >= 4 is 11.7 Å². The fourth-order valence-electron chi connectivity index (χ4n) is 1.49. The van der Waals surface area contributed by atoms with Crippen LogP contribution < -0.4 is 0 Å². The van der Waals surface area contributed by atoms with E-state index in [4.69, 9.17) is 5.11 Å². The lowest BCUT2D eigenvalue weighted by Gasteiger charge is -2.01. The van der Waals surface area contributed by atoms with Crippen molar-refractivity contribution in [3.8, 4) is 0 Å². The molecule has 14 heavy (non-hydrogen) atoms. The smallest absolute Gasteiger partial charge is 0.308 e. The largest absolute Gasteiger partial charge is 0.481 e. The number of hydrogen-bond acceptors (Lipinski definition) is 3. The Bertz CT molecular complexity index is 373. The van der Waals surface area contributed by atoms with Crippen LogP contribution in [-0.2, 0) is 4.79 Å². The van der Waals surface area contributed by atoms with Gasteiger partial charge in [0, 0.05) is 30.1 Å². The van der Waals surface area contributed by atoms with Crippen LogP contribution in [0.5, 0.6) is 0 Å². The Kier molecular flexibility index (Phi) is 2.26. The molecule has 1 aliphatic heterocycles. The van der Waals surface area contributed by atoms with Crippen LogP contribution in [0.3, 0.4) is 0 Å². The lowest BCUT2D eigenvalue weighted by Crippen LogP contribution is -2.14. The van der Waals surface area contributed by atoms with Crippen molar-refractivity contribution in [2.75, 3.05) is 6.54 Å². The molecule has 2 heterocycles. The van der Waals surface area contributed by atoms with Gasteiger partial charge in [-0.05, 0) is 6.07 Å². The van der Waals surface area contributed by atoms with E-state index < -0.39 is 5.97 Å². The van der Waals surface area contributed by atoms with Gasteiger partial charge in [-0.1, -0.05) is 6.07 Å². The van der Waals surface area contributed by atoms with Crippen molar-refractivity contribution < 1.29 is 9.90 Å². The lowest BCUT2D eigenvalue weighted by molar-refractivity contribution is -0.140. The quantitative estimate of drug-likeness (QED) is 0.755. The normalized spacial score (nSPS) is 20.6. The summed E-state index contributed by atoms with van der Waals surface area (Å²) in [5.41, 5.74) is 1.78. The Labute approximate surface area is 81.3 Å². The molecule has 0 aliphatic carbocycles. The monoisotopic (exact) mass is 190 g/mol. The first-order valence-electron chi connectivity index (χ1n) is 4.44. The van der Waals surface area contributed by atoms with Gasteiger partial charge in [0.25, 0.3) is 0 Å². The molecule has 0 aromatic carbocycles. The first kappa shape index (κ1) is 8.87. The second kappa shape index (κ2) is 3.57. The molecule has 0 fully saturated rings. The average molecular weight is 190 g/mol. The maximum atomic E-state index is 10.7. The van der Waals surface area contributed by atoms with Crippen molar-refractivity contribution in [1.29, 1.82) is 0 Å². The van der Waals surface area contributed by atoms with E-state index in [1.54, 1.807) is 12.4 Å². The third kappa shape index (κ3) is 1.64. The topological polar surface area (TPSA) is 62.5 Å². The van der Waals surface area contributed by atoms with E-state index in [0.29, 0.717) is 13.0 Å². The Morgan fingerprint density at radius 1 is 1.57 bits per heavy atom. The highest BCUT2D eigenvalue weighted by atomic mass is 16.4. The molecule has 1 atom stereocenters. The van der Waals surface area contributed by atoms with Gasteiger partial charge in [-0.25, -0.2) is 0 Å². The zero-order valence-electron chi connectivity index (χ0n) is 7.55. The molecule has 0 saturated carbocycles. The Balaban J connectivity index is 2.13. The van der Waals surface area contributed by atoms with E-state index in [0.717, 1.165) is 11.3 Å². The molecule has 1 aromatic rings. The Morgan fingerprint density at radius 2 is 2.43 bits per heavy atom. The summed E-state index contributed by atoms with van der Waals surface area (Å²) in [7, 11) is 0. The molecule has 0 bridgehead atoms. The molecule has 0 spiro atoms. The summed E-state index contributed by atoms with van der Waals surface area (Å²) in [4.78, 5) is 18.9. The Hall–Kier alpha value is -1.71. The van der Waals surface area contributed by atoms with Gasteiger partial charge in [-0.2, -0.15) is 0 Å². The predicted octanol–water partition coefficient (Wildman–Crippen LogP) is 0.975. The number of carboxylic acid groups (broad SMARTS) is 1. The highest BCUT2D eigenvalue weighted by Gasteiger charge is 2.25. The van der Waals surface area contributed by atoms with Crippen molar-refractivity contribution in [1.82, 2.24) is 4.98 Å². The summed E-state index contributed by atoms with van der Waals surface area (Å²) in [5.74, 6) is -1.13. The number of hydrogen-bond donors (Lipinski definition) is 1. The number of aromatic nitrogens is 1. The summed E-state index contributed by atoms with van der Waals surface area (Å²) in [6, 6.07) is 3.72. The summed E-state index contributed by atoms with van der Waals surface area (Å²) >= 11 is 0. The highest BCUT2D eigenvalue weighted by molar-refractivity contribution is 6.03. The number of pyridine rings is 1. The van der Waals surface area contributed by atoms with Crippen LogP contribution in [-0.4, -0.2) is 28.3 Å². The van der Waals surface area contributed by atoms with E-state index in [-0.39, 0.29) is 5.92 Å². The lowest BCUT2D eigenvalue weighted by atomic mass is 10.0. The number of carboxylic acids is 1. The fraction of sp³-hybridized carbons (Fsp3) is 0.300. The minimum absolute atomic E-state index is 0.356. The SMILES string of the molecule is O=C(O)C1CN=C(c2cccnc2)C1. The molecule has 4 nitrogen and oxygen atoms in total. The third-order valence-electron chi connectivity index (χ3n) is 2.29. The van der Waals surface area contributed by atoms with E-state index >= 15 is 0 Å². The van der Waals surface area contributed by atoms with Gasteiger partial charge in [-0.3, -0.25) is 14.8 Å². The highest BCUT2D eigenvalue weighted by Crippen LogP contribution is 2.18. The van der Waals surface area contributed by atoms with Gasteiger partial charge in [0.05, 0.1) is 12.5 Å². The number of aliphatic imine (C=N–C) groups is 1. The zero-order chi connectivity index (χ0) is 9.97. The molecular weight excluding hydrogens is 180 g/mol. The van der Waals surface area contributed by atoms with Gasteiger partial charge >= 0.3 is 5.97 Å². The van der Waals surface area contributed by atoms with Gasteiger partial charge in [0.2, 0.25) is 0 Å². The van der Waals surface area contributed by atoms with E-state index in [2.05, 4.69) is 9.98 Å². The van der Waals surface area contributed by atoms with E-state index in [1.807, 2.05) is 12.1 Å². The zero-order valence-corrected chi connectivity index (χ0v) is 7.55. The number of rotatable bonds is 2. The summed E-state index contributed by atoms with van der Waals surface area (Å²) in [5, 5.41) is 8.79. The molecule has 0 radical (unpaired) electrons. The average Bonchev–Trinajstić information content (AvgIpc) is 2.68. The van der Waals surface area contributed by atoms with Gasteiger partial charge in [0.1, 0.15) is 0 Å². The molecule has 1 aliphatic rings. The molecule has 0 saturated heterocycles. The van der Waals surface area contributed by atoms with Crippen LogP contribution in [0, 0.1) is 5.92 Å². The standard InChI is InChI=1S/C10H10N2O2/c13-10(14)8-4-9(12-6-8)7-2-1-3-11-5-7/h1-3,5,8H,4,6H2,(H,13,14). The number of aliphatic carboxylic acids is 1. The van der Waals surface area contributed by atoms with Crippen LogP contribution >= 0.6 is 0 Å². The molecular formula is C10H10N2O2. The molecule has 1 N–H and O–H groups in total. The predicted molar refractivity (Wildman–Crippen MR) is 51.4 cm³/mol. The summed E-state index contributed by atoms with van der Waals surface area (Å²) < 4.78 is 0.